The molecule has 1 saturated carbocycles. The Morgan fingerprint density at radius 2 is 1.81 bits per heavy atom. The second-order valence-electron chi connectivity index (χ2n) is 7.06. The summed E-state index contributed by atoms with van der Waals surface area (Å²) in [6, 6.07) is 8.79. The van der Waals surface area contributed by atoms with Crippen LogP contribution in [0.4, 0.5) is 13.2 Å². The summed E-state index contributed by atoms with van der Waals surface area (Å²) >= 11 is 1.73. The normalized spacial score (nSPS) is 19.4. The van der Waals surface area contributed by atoms with Crippen LogP contribution in [0.1, 0.15) is 37.7 Å². The van der Waals surface area contributed by atoms with E-state index in [0.717, 1.165) is 47.9 Å². The summed E-state index contributed by atoms with van der Waals surface area (Å²) < 4.78 is 45.0. The van der Waals surface area contributed by atoms with Gasteiger partial charge in [-0.25, -0.2) is 13.2 Å². The lowest BCUT2D eigenvalue weighted by Gasteiger charge is -2.36. The number of H-pyrrole nitrogens is 1. The highest BCUT2D eigenvalue weighted by Gasteiger charge is 2.34. The third-order valence-electron chi connectivity index (χ3n) is 5.10. The Balaban J connectivity index is 1.71. The molecule has 6 heteroatoms. The first kappa shape index (κ1) is 18.4. The van der Waals surface area contributed by atoms with Gasteiger partial charge in [0.2, 0.25) is 0 Å². The van der Waals surface area contributed by atoms with E-state index in [1.807, 2.05) is 0 Å². The minimum Gasteiger partial charge on any atom is -0.352 e. The van der Waals surface area contributed by atoms with E-state index in [9.17, 15) is 13.2 Å². The third-order valence-corrected chi connectivity index (χ3v) is 6.21. The first-order valence-corrected chi connectivity index (χ1v) is 10.2. The number of aromatic amines is 1. The van der Waals surface area contributed by atoms with Crippen molar-refractivity contribution < 1.29 is 13.2 Å². The summed E-state index contributed by atoms with van der Waals surface area (Å²) in [5.74, 6) is -0.245. The summed E-state index contributed by atoms with van der Waals surface area (Å²) in [7, 11) is 0. The molecule has 1 fully saturated rings. The van der Waals surface area contributed by atoms with Crippen LogP contribution in [-0.4, -0.2) is 16.8 Å². The van der Waals surface area contributed by atoms with Gasteiger partial charge in [-0.3, -0.25) is 4.72 Å². The Bertz CT molecular complexity index is 946. The van der Waals surface area contributed by atoms with Gasteiger partial charge in [-0.05, 0) is 66.6 Å². The lowest BCUT2D eigenvalue weighted by molar-refractivity contribution is 0.336. The Hall–Kier alpha value is -1.92. The van der Waals surface area contributed by atoms with Crippen molar-refractivity contribution in [2.75, 3.05) is 5.75 Å². The smallest absolute Gasteiger partial charge is 0.150 e. The van der Waals surface area contributed by atoms with Crippen LogP contribution in [0, 0.1) is 17.5 Å². The monoisotopic (exact) mass is 390 g/mol. The first-order valence-electron chi connectivity index (χ1n) is 9.20. The predicted octanol–water partition coefficient (Wildman–Crippen LogP) is 6.15. The van der Waals surface area contributed by atoms with Crippen LogP contribution < -0.4 is 4.72 Å². The summed E-state index contributed by atoms with van der Waals surface area (Å²) in [6.07, 6.45) is 2.94. The molecular formula is C21H21F3N2S. The zero-order valence-electron chi connectivity index (χ0n) is 15.0. The lowest BCUT2D eigenvalue weighted by Crippen LogP contribution is -2.36. The summed E-state index contributed by atoms with van der Waals surface area (Å²) in [5, 5.41) is 0.580. The number of aromatic nitrogens is 1. The highest BCUT2D eigenvalue weighted by molar-refractivity contribution is 7.97. The zero-order chi connectivity index (χ0) is 19.0. The molecule has 0 spiro atoms. The number of nitrogens with one attached hydrogen (secondary N) is 2. The van der Waals surface area contributed by atoms with Crippen molar-refractivity contribution in [2.24, 2.45) is 0 Å². The fourth-order valence-corrected chi connectivity index (χ4v) is 4.49. The molecule has 2 N–H and O–H groups in total. The maximum absolute atomic E-state index is 14.3. The van der Waals surface area contributed by atoms with Crippen LogP contribution in [0.5, 0.6) is 0 Å². The van der Waals surface area contributed by atoms with Crippen molar-refractivity contribution in [3.05, 3.63) is 59.4 Å². The van der Waals surface area contributed by atoms with E-state index in [-0.39, 0.29) is 11.7 Å². The van der Waals surface area contributed by atoms with E-state index >= 15 is 0 Å². The van der Waals surface area contributed by atoms with Crippen LogP contribution in [0.2, 0.25) is 0 Å². The quantitative estimate of drug-likeness (QED) is 0.390. The van der Waals surface area contributed by atoms with Gasteiger partial charge in [0, 0.05) is 23.2 Å². The minimum atomic E-state index is -0.605. The molecule has 0 saturated heterocycles. The average molecular weight is 390 g/mol. The van der Waals surface area contributed by atoms with Gasteiger partial charge >= 0.3 is 0 Å². The van der Waals surface area contributed by atoms with Crippen molar-refractivity contribution in [1.82, 2.24) is 9.71 Å². The SMILES string of the molecule is CCCSNC1CC(c2c(-c3ccc(F)cc3)[nH]c3c(F)cc(F)cc23)C1. The average Bonchev–Trinajstić information content (AvgIpc) is 2.97. The molecule has 2 nitrogen and oxygen atoms in total. The van der Waals surface area contributed by atoms with Gasteiger partial charge < -0.3 is 4.98 Å². The highest BCUT2D eigenvalue weighted by Crippen LogP contribution is 2.46. The Labute approximate surface area is 160 Å². The second kappa shape index (κ2) is 7.60. The summed E-state index contributed by atoms with van der Waals surface area (Å²) in [4.78, 5) is 3.12. The van der Waals surface area contributed by atoms with Crippen molar-refractivity contribution in [2.45, 2.75) is 38.1 Å². The molecule has 27 heavy (non-hydrogen) atoms. The first-order chi connectivity index (χ1) is 13.1. The number of hydrogen-bond acceptors (Lipinski definition) is 2. The van der Waals surface area contributed by atoms with E-state index in [1.54, 1.807) is 24.1 Å². The van der Waals surface area contributed by atoms with E-state index in [2.05, 4.69) is 16.6 Å². The van der Waals surface area contributed by atoms with Crippen molar-refractivity contribution >= 4 is 22.9 Å². The lowest BCUT2D eigenvalue weighted by atomic mass is 9.74. The minimum absolute atomic E-state index is 0.208. The van der Waals surface area contributed by atoms with Crippen LogP contribution >= 0.6 is 11.9 Å². The van der Waals surface area contributed by atoms with Gasteiger partial charge in [0.05, 0.1) is 11.2 Å². The number of fused-ring (bicyclic) bond motifs is 1. The molecule has 1 aliphatic rings. The van der Waals surface area contributed by atoms with Crippen molar-refractivity contribution in [3.8, 4) is 11.3 Å². The van der Waals surface area contributed by atoms with Crippen LogP contribution in [-0.2, 0) is 0 Å². The van der Waals surface area contributed by atoms with E-state index < -0.39 is 11.6 Å². The molecule has 1 aliphatic carbocycles. The van der Waals surface area contributed by atoms with Crippen molar-refractivity contribution in [1.29, 1.82) is 0 Å². The molecule has 0 radical (unpaired) electrons. The molecule has 142 valence electrons. The zero-order valence-corrected chi connectivity index (χ0v) is 15.8. The van der Waals surface area contributed by atoms with Gasteiger partial charge in [-0.1, -0.05) is 18.9 Å². The molecule has 4 rings (SSSR count). The van der Waals surface area contributed by atoms with E-state index in [1.165, 1.54) is 18.2 Å². The van der Waals surface area contributed by atoms with Crippen molar-refractivity contribution in [3.63, 3.8) is 0 Å². The van der Waals surface area contributed by atoms with Gasteiger partial charge in [-0.2, -0.15) is 0 Å². The van der Waals surface area contributed by atoms with Gasteiger partial charge in [-0.15, -0.1) is 0 Å². The maximum Gasteiger partial charge on any atom is 0.150 e. The summed E-state index contributed by atoms with van der Waals surface area (Å²) in [5.41, 5.74) is 2.76. The molecular weight excluding hydrogens is 369 g/mol. The molecule has 0 atom stereocenters. The third kappa shape index (κ3) is 3.60. The fourth-order valence-electron chi connectivity index (χ4n) is 3.74. The molecule has 0 unspecified atom stereocenters. The van der Waals surface area contributed by atoms with Gasteiger partial charge in [0.15, 0.2) is 0 Å². The standard InChI is InChI=1S/C21H21F3N2S/c1-2-7-27-26-16-8-13(9-16)19-17-10-15(23)11-18(24)21(17)25-20(19)12-3-5-14(22)6-4-12/h3-6,10-11,13,16,25-26H,2,7-9H2,1H3. The number of benzene rings is 2. The van der Waals surface area contributed by atoms with Gasteiger partial charge in [0.1, 0.15) is 17.5 Å². The van der Waals surface area contributed by atoms with Crippen LogP contribution in [0.15, 0.2) is 36.4 Å². The van der Waals surface area contributed by atoms with Crippen LogP contribution in [0.3, 0.4) is 0 Å². The maximum atomic E-state index is 14.3. The number of halogens is 3. The molecule has 0 amide bonds. The number of hydrogen-bond donors (Lipinski definition) is 2. The Morgan fingerprint density at radius 1 is 1.07 bits per heavy atom. The molecule has 1 heterocycles. The largest absolute Gasteiger partial charge is 0.352 e. The topological polar surface area (TPSA) is 27.8 Å². The Morgan fingerprint density at radius 3 is 2.52 bits per heavy atom. The molecule has 2 aromatic carbocycles. The Kier molecular flexibility index (Phi) is 5.19. The van der Waals surface area contributed by atoms with E-state index in [4.69, 9.17) is 0 Å². The molecule has 0 aliphatic heterocycles. The summed E-state index contributed by atoms with van der Waals surface area (Å²) in [6.45, 7) is 2.14. The number of rotatable bonds is 6. The van der Waals surface area contributed by atoms with Crippen LogP contribution in [0.25, 0.3) is 22.2 Å². The second-order valence-corrected chi connectivity index (χ2v) is 7.99. The molecule has 0 bridgehead atoms. The van der Waals surface area contributed by atoms with E-state index in [0.29, 0.717) is 16.9 Å². The fraction of sp³-hybridized carbons (Fsp3) is 0.333. The highest BCUT2D eigenvalue weighted by atomic mass is 32.2. The molecule has 3 aromatic rings. The predicted molar refractivity (Wildman–Crippen MR) is 105 cm³/mol. The van der Waals surface area contributed by atoms with Gasteiger partial charge in [0.25, 0.3) is 0 Å². The molecule has 1 aromatic heterocycles.